The van der Waals surface area contributed by atoms with Crippen LogP contribution < -0.4 is 0 Å². The predicted molar refractivity (Wildman–Crippen MR) is 97.6 cm³/mol. The highest BCUT2D eigenvalue weighted by molar-refractivity contribution is 8.01. The fourth-order valence-electron chi connectivity index (χ4n) is 2.33. The molecule has 4 heteroatoms. The highest BCUT2D eigenvalue weighted by Gasteiger charge is 2.34. The van der Waals surface area contributed by atoms with E-state index >= 15 is 0 Å². The van der Waals surface area contributed by atoms with Crippen molar-refractivity contribution in [3.63, 3.8) is 0 Å². The van der Waals surface area contributed by atoms with Crippen LogP contribution in [0.1, 0.15) is 37.8 Å². The molecule has 0 aromatic heterocycles. The lowest BCUT2D eigenvalue weighted by Crippen LogP contribution is -2.33. The van der Waals surface area contributed by atoms with Crippen molar-refractivity contribution < 1.29 is 9.90 Å². The van der Waals surface area contributed by atoms with Crippen LogP contribution in [-0.2, 0) is 11.2 Å². The molecular weight excluding hydrogens is 328 g/mol. The molecule has 1 unspecified atom stereocenters. The zero-order valence-electron chi connectivity index (χ0n) is 13.5. The summed E-state index contributed by atoms with van der Waals surface area (Å²) in [5, 5.41) is 10.4. The number of carboxylic acid groups (broad SMARTS) is 1. The summed E-state index contributed by atoms with van der Waals surface area (Å²) in [7, 11) is 0. The monoisotopic (exact) mass is 348 g/mol. The molecule has 0 amide bonds. The van der Waals surface area contributed by atoms with Crippen molar-refractivity contribution in [3.8, 4) is 0 Å². The second-order valence-corrected chi connectivity index (χ2v) is 8.18. The molecule has 0 aliphatic heterocycles. The van der Waals surface area contributed by atoms with Gasteiger partial charge in [0.05, 0.1) is 0 Å². The minimum absolute atomic E-state index is 0.441. The third kappa shape index (κ3) is 4.76. The van der Waals surface area contributed by atoms with Crippen LogP contribution in [0.15, 0.2) is 53.4 Å². The van der Waals surface area contributed by atoms with Gasteiger partial charge in [-0.05, 0) is 54.7 Å². The zero-order chi connectivity index (χ0) is 17.0. The smallest absolute Gasteiger partial charge is 0.320 e. The second-order valence-electron chi connectivity index (χ2n) is 6.17. The predicted octanol–water partition coefficient (Wildman–Crippen LogP) is 5.64. The largest absolute Gasteiger partial charge is 0.480 e. The van der Waals surface area contributed by atoms with Crippen LogP contribution in [0.4, 0.5) is 0 Å². The van der Waals surface area contributed by atoms with Crippen molar-refractivity contribution >= 4 is 29.3 Å². The summed E-state index contributed by atoms with van der Waals surface area (Å²) in [5.41, 5.74) is 2.22. The third-order valence-corrected chi connectivity index (χ3v) is 5.33. The number of carbonyl (C=O) groups is 1. The van der Waals surface area contributed by atoms with Crippen molar-refractivity contribution in [2.75, 3.05) is 0 Å². The number of rotatable bonds is 6. The Morgan fingerprint density at radius 3 is 2.17 bits per heavy atom. The van der Waals surface area contributed by atoms with Gasteiger partial charge in [0.15, 0.2) is 0 Å². The van der Waals surface area contributed by atoms with Gasteiger partial charge in [0.25, 0.3) is 0 Å². The molecule has 0 spiro atoms. The Hall–Kier alpha value is -1.45. The maximum atomic E-state index is 11.8. The summed E-state index contributed by atoms with van der Waals surface area (Å²) in [4.78, 5) is 12.8. The van der Waals surface area contributed by atoms with Gasteiger partial charge < -0.3 is 5.11 Å². The molecule has 1 atom stereocenters. The molecule has 1 N–H and O–H groups in total. The Bertz CT molecular complexity index is 665. The Kier molecular flexibility index (Phi) is 5.77. The Morgan fingerprint density at radius 2 is 1.70 bits per heavy atom. The van der Waals surface area contributed by atoms with E-state index < -0.39 is 10.7 Å². The van der Waals surface area contributed by atoms with E-state index in [4.69, 9.17) is 11.6 Å². The van der Waals surface area contributed by atoms with Crippen molar-refractivity contribution in [2.45, 2.75) is 42.8 Å². The lowest BCUT2D eigenvalue weighted by Gasteiger charge is -2.24. The quantitative estimate of drug-likeness (QED) is 0.686. The topological polar surface area (TPSA) is 37.3 Å². The van der Waals surface area contributed by atoms with E-state index in [2.05, 4.69) is 26.0 Å². The van der Waals surface area contributed by atoms with Gasteiger partial charge in [-0.3, -0.25) is 4.79 Å². The Balaban J connectivity index is 2.19. The van der Waals surface area contributed by atoms with E-state index in [0.29, 0.717) is 17.4 Å². The molecule has 0 heterocycles. The average Bonchev–Trinajstić information content (AvgIpc) is 2.50. The first-order valence-corrected chi connectivity index (χ1v) is 8.76. The Labute approximate surface area is 146 Å². The van der Waals surface area contributed by atoms with E-state index in [1.165, 1.54) is 17.3 Å². The fraction of sp³-hybridized carbons (Fsp3) is 0.316. The molecular formula is C19H21ClO2S. The van der Waals surface area contributed by atoms with Crippen molar-refractivity contribution in [1.29, 1.82) is 0 Å². The lowest BCUT2D eigenvalue weighted by molar-refractivity contribution is -0.139. The molecule has 122 valence electrons. The summed E-state index contributed by atoms with van der Waals surface area (Å²) >= 11 is 7.28. The fourth-order valence-corrected chi connectivity index (χ4v) is 3.57. The molecule has 2 rings (SSSR count). The summed E-state index contributed by atoms with van der Waals surface area (Å²) < 4.78 is -0.923. The van der Waals surface area contributed by atoms with Gasteiger partial charge in [0.2, 0.25) is 0 Å². The van der Waals surface area contributed by atoms with E-state index in [0.717, 1.165) is 10.5 Å². The van der Waals surface area contributed by atoms with Crippen LogP contribution in [0.2, 0.25) is 5.02 Å². The minimum atomic E-state index is -0.923. The van der Waals surface area contributed by atoms with E-state index in [1.54, 1.807) is 19.1 Å². The van der Waals surface area contributed by atoms with Crippen LogP contribution >= 0.6 is 23.4 Å². The molecule has 0 radical (unpaired) electrons. The Morgan fingerprint density at radius 1 is 1.13 bits per heavy atom. The molecule has 2 nitrogen and oxygen atoms in total. The average molecular weight is 349 g/mol. The number of aliphatic carboxylic acids is 1. The maximum absolute atomic E-state index is 11.8. The first-order valence-electron chi connectivity index (χ1n) is 7.57. The summed E-state index contributed by atoms with van der Waals surface area (Å²) in [6.45, 7) is 6.05. The minimum Gasteiger partial charge on any atom is -0.480 e. The van der Waals surface area contributed by atoms with Crippen LogP contribution in [0.25, 0.3) is 0 Å². The molecule has 0 aliphatic rings. The number of halogens is 1. The second kappa shape index (κ2) is 7.41. The van der Waals surface area contributed by atoms with Gasteiger partial charge in [0, 0.05) is 9.92 Å². The van der Waals surface area contributed by atoms with Crippen molar-refractivity contribution in [1.82, 2.24) is 0 Å². The molecule has 2 aromatic carbocycles. The first kappa shape index (κ1) is 17.9. The molecule has 0 saturated carbocycles. The normalized spacial score (nSPS) is 13.8. The number of hydrogen-bond acceptors (Lipinski definition) is 2. The molecule has 2 aromatic rings. The molecule has 0 saturated heterocycles. The first-order chi connectivity index (χ1) is 10.8. The third-order valence-electron chi connectivity index (χ3n) is 3.80. The highest BCUT2D eigenvalue weighted by atomic mass is 35.5. The number of hydrogen-bond donors (Lipinski definition) is 1. The maximum Gasteiger partial charge on any atom is 0.320 e. The van der Waals surface area contributed by atoms with Gasteiger partial charge in [-0.15, -0.1) is 11.8 Å². The van der Waals surface area contributed by atoms with E-state index in [1.807, 2.05) is 24.3 Å². The SMILES string of the molecule is CC(C)c1ccc(SC(C)(Cc2ccc(Cl)cc2)C(=O)O)cc1. The number of benzene rings is 2. The van der Waals surface area contributed by atoms with E-state index in [9.17, 15) is 9.90 Å². The highest BCUT2D eigenvalue weighted by Crippen LogP contribution is 2.36. The zero-order valence-corrected chi connectivity index (χ0v) is 15.1. The number of carboxylic acids is 1. The van der Waals surface area contributed by atoms with Gasteiger partial charge in [-0.25, -0.2) is 0 Å². The standard InChI is InChI=1S/C19H21ClO2S/c1-13(2)15-6-10-17(11-7-15)23-19(3,18(21)22)12-14-4-8-16(20)9-5-14/h4-11,13H,12H2,1-3H3,(H,21,22). The molecule has 0 fully saturated rings. The molecule has 0 aliphatic carbocycles. The van der Waals surface area contributed by atoms with Gasteiger partial charge in [-0.2, -0.15) is 0 Å². The van der Waals surface area contributed by atoms with E-state index in [-0.39, 0.29) is 0 Å². The van der Waals surface area contributed by atoms with Crippen molar-refractivity contribution in [3.05, 3.63) is 64.7 Å². The number of thioether (sulfide) groups is 1. The summed E-state index contributed by atoms with van der Waals surface area (Å²) in [6, 6.07) is 15.5. The van der Waals surface area contributed by atoms with Crippen LogP contribution in [0, 0.1) is 0 Å². The van der Waals surface area contributed by atoms with Gasteiger partial charge in [-0.1, -0.05) is 49.7 Å². The lowest BCUT2D eigenvalue weighted by atomic mass is 10.0. The van der Waals surface area contributed by atoms with Crippen LogP contribution in [-0.4, -0.2) is 15.8 Å². The molecule has 0 bridgehead atoms. The summed E-state index contributed by atoms with van der Waals surface area (Å²) in [6.07, 6.45) is 0.441. The van der Waals surface area contributed by atoms with Crippen LogP contribution in [0.3, 0.4) is 0 Å². The van der Waals surface area contributed by atoms with Gasteiger partial charge in [0.1, 0.15) is 4.75 Å². The van der Waals surface area contributed by atoms with Gasteiger partial charge >= 0.3 is 5.97 Å². The van der Waals surface area contributed by atoms with Crippen molar-refractivity contribution in [2.24, 2.45) is 0 Å². The molecule has 23 heavy (non-hydrogen) atoms. The van der Waals surface area contributed by atoms with Crippen LogP contribution in [0.5, 0.6) is 0 Å². The summed E-state index contributed by atoms with van der Waals surface area (Å²) in [5.74, 6) is -0.348.